The molecule has 0 radical (unpaired) electrons. The van der Waals surface area contributed by atoms with Crippen LogP contribution in [0.4, 0.5) is 5.69 Å². The molecule has 3 heteroatoms. The molecule has 10 aliphatic rings. The van der Waals surface area contributed by atoms with Crippen LogP contribution in [0.5, 0.6) is 0 Å². The highest BCUT2D eigenvalue weighted by molar-refractivity contribution is 5.62. The van der Waals surface area contributed by atoms with Gasteiger partial charge in [0.25, 0.3) is 0 Å². The second-order valence-corrected chi connectivity index (χ2v) is 17.7. The molecule has 45 heavy (non-hydrogen) atoms. The molecule has 3 N–H and O–H groups in total. The number of rotatable bonds is 4. The van der Waals surface area contributed by atoms with Gasteiger partial charge in [-0.05, 0) is 134 Å². The molecule has 6 saturated carbocycles. The Morgan fingerprint density at radius 3 is 2.60 bits per heavy atom. The standard InChI is InChI=1S/C42H54N2O/c1-24-11-14-36-40(35-20-27(19-33(24)35)25-7-3-2-4-8-25)42(36,39(43)23-45)29-12-13-31-28(18-29)21-37-34(31)22-30-17-26-15-16-41(30,37)44-38-10-6-5-9-32(26)38/h5-6,9-10,12-13,15-16,23,25-31,33-37,39-40,44H,1-4,7-8,11,14,17-22,43H2. The van der Waals surface area contributed by atoms with E-state index in [9.17, 15) is 4.79 Å². The van der Waals surface area contributed by atoms with E-state index < -0.39 is 0 Å². The summed E-state index contributed by atoms with van der Waals surface area (Å²) in [6.45, 7) is 4.70. The van der Waals surface area contributed by atoms with Gasteiger partial charge in [0.15, 0.2) is 0 Å². The topological polar surface area (TPSA) is 55.1 Å². The number of benzene rings is 1. The van der Waals surface area contributed by atoms with Gasteiger partial charge in [-0.2, -0.15) is 0 Å². The van der Waals surface area contributed by atoms with Crippen LogP contribution >= 0.6 is 0 Å². The third kappa shape index (κ3) is 3.71. The van der Waals surface area contributed by atoms with Gasteiger partial charge in [0.05, 0.1) is 11.6 Å². The van der Waals surface area contributed by atoms with Crippen molar-refractivity contribution in [2.75, 3.05) is 5.32 Å². The second kappa shape index (κ2) is 9.94. The molecule has 6 fully saturated rings. The molecule has 3 nitrogen and oxygen atoms in total. The number of nitrogens with one attached hydrogen (secondary N) is 1. The summed E-state index contributed by atoms with van der Waals surface area (Å²) in [7, 11) is 0. The maximum atomic E-state index is 12.7. The zero-order valence-electron chi connectivity index (χ0n) is 27.2. The van der Waals surface area contributed by atoms with Crippen molar-refractivity contribution in [3.05, 3.63) is 66.3 Å². The summed E-state index contributed by atoms with van der Waals surface area (Å²) in [4.78, 5) is 12.7. The SMILES string of the molecule is C=C1CCC2C(C3CC(C4CCCCC4)CC13)C2(C(N)C=O)C1C=CC2C(CC3C2CC2CC4C=CC23Nc2ccccc24)C1. The number of fused-ring (bicyclic) bond motifs is 6. The Kier molecular flexibility index (Phi) is 6.17. The van der Waals surface area contributed by atoms with E-state index in [0.717, 1.165) is 42.3 Å². The molecule has 1 spiro atoms. The van der Waals surface area contributed by atoms with Crippen molar-refractivity contribution in [3.63, 3.8) is 0 Å². The first kappa shape index (κ1) is 27.9. The number of para-hydroxylation sites is 1. The zero-order valence-corrected chi connectivity index (χ0v) is 27.2. The third-order valence-electron chi connectivity index (χ3n) is 16.6. The summed E-state index contributed by atoms with van der Waals surface area (Å²) < 4.78 is 0. The van der Waals surface area contributed by atoms with Gasteiger partial charge >= 0.3 is 0 Å². The van der Waals surface area contributed by atoms with Crippen molar-refractivity contribution in [2.24, 2.45) is 82.2 Å². The quantitative estimate of drug-likeness (QED) is 0.268. The minimum atomic E-state index is -0.332. The fourth-order valence-electron chi connectivity index (χ4n) is 14.9. The highest BCUT2D eigenvalue weighted by Crippen LogP contribution is 2.77. The second-order valence-electron chi connectivity index (χ2n) is 17.7. The molecule has 1 aromatic carbocycles. The van der Waals surface area contributed by atoms with E-state index in [1.165, 1.54) is 93.9 Å². The Hall–Kier alpha value is -2.13. The van der Waals surface area contributed by atoms with Crippen molar-refractivity contribution in [1.29, 1.82) is 0 Å². The monoisotopic (exact) mass is 602 g/mol. The van der Waals surface area contributed by atoms with E-state index in [1.807, 2.05) is 0 Å². The zero-order chi connectivity index (χ0) is 30.1. The van der Waals surface area contributed by atoms with E-state index in [-0.39, 0.29) is 17.0 Å². The molecule has 15 unspecified atom stereocenters. The number of carbonyl (C=O) groups is 1. The first-order chi connectivity index (χ1) is 22.0. The Morgan fingerprint density at radius 1 is 0.867 bits per heavy atom. The Balaban J connectivity index is 0.941. The summed E-state index contributed by atoms with van der Waals surface area (Å²) in [5.74, 6) is 9.02. The van der Waals surface area contributed by atoms with Crippen LogP contribution in [0.1, 0.15) is 95.0 Å². The lowest BCUT2D eigenvalue weighted by Gasteiger charge is -2.41. The molecule has 238 valence electrons. The number of allylic oxidation sites excluding steroid dienone is 4. The molecule has 8 aliphatic carbocycles. The predicted molar refractivity (Wildman–Crippen MR) is 181 cm³/mol. The van der Waals surface area contributed by atoms with Gasteiger partial charge in [0.2, 0.25) is 0 Å². The summed E-state index contributed by atoms with van der Waals surface area (Å²) >= 11 is 0. The van der Waals surface area contributed by atoms with Gasteiger partial charge in [-0.15, -0.1) is 0 Å². The maximum absolute atomic E-state index is 12.7. The summed E-state index contributed by atoms with van der Waals surface area (Å²) in [6.07, 6.45) is 29.2. The van der Waals surface area contributed by atoms with Crippen LogP contribution in [-0.2, 0) is 4.79 Å². The molecule has 0 aromatic heterocycles. The number of hydrogen-bond donors (Lipinski definition) is 2. The number of anilines is 1. The normalized spacial score (nSPS) is 51.1. The molecule has 15 atom stereocenters. The van der Waals surface area contributed by atoms with Crippen LogP contribution in [0.25, 0.3) is 0 Å². The van der Waals surface area contributed by atoms with Gasteiger partial charge in [-0.1, -0.05) is 86.8 Å². The van der Waals surface area contributed by atoms with Crippen LogP contribution in [0.2, 0.25) is 0 Å². The third-order valence-corrected chi connectivity index (χ3v) is 16.6. The van der Waals surface area contributed by atoms with Gasteiger partial charge < -0.3 is 15.8 Å². The largest absolute Gasteiger partial charge is 0.375 e. The molecule has 2 bridgehead atoms. The lowest BCUT2D eigenvalue weighted by atomic mass is 9.66. The average Bonchev–Trinajstić information content (AvgIpc) is 3.30. The highest BCUT2D eigenvalue weighted by Gasteiger charge is 2.74. The fraction of sp³-hybridized carbons (Fsp3) is 0.690. The van der Waals surface area contributed by atoms with E-state index in [4.69, 9.17) is 12.3 Å². The van der Waals surface area contributed by atoms with Crippen LogP contribution in [-0.4, -0.2) is 17.9 Å². The molecule has 11 rings (SSSR count). The van der Waals surface area contributed by atoms with E-state index in [0.29, 0.717) is 47.3 Å². The molecule has 2 aliphatic heterocycles. The summed E-state index contributed by atoms with van der Waals surface area (Å²) in [5.41, 5.74) is 11.5. The maximum Gasteiger partial charge on any atom is 0.137 e. The summed E-state index contributed by atoms with van der Waals surface area (Å²) in [5, 5.41) is 4.21. The van der Waals surface area contributed by atoms with Crippen molar-refractivity contribution in [3.8, 4) is 0 Å². The Labute approximate surface area is 270 Å². The number of hydrogen-bond acceptors (Lipinski definition) is 3. The van der Waals surface area contributed by atoms with Gasteiger partial charge in [0, 0.05) is 17.0 Å². The lowest BCUT2D eigenvalue weighted by Crippen LogP contribution is -2.46. The number of carbonyl (C=O) groups excluding carboxylic acids is 1. The lowest BCUT2D eigenvalue weighted by molar-refractivity contribution is -0.111. The minimum absolute atomic E-state index is 0.0235. The molecule has 0 amide bonds. The minimum Gasteiger partial charge on any atom is -0.375 e. The molecule has 2 heterocycles. The predicted octanol–water partition coefficient (Wildman–Crippen LogP) is 8.69. The van der Waals surface area contributed by atoms with Crippen LogP contribution in [0.15, 0.2) is 60.7 Å². The first-order valence-electron chi connectivity index (χ1n) is 19.2. The van der Waals surface area contributed by atoms with Gasteiger partial charge in [0.1, 0.15) is 6.29 Å². The van der Waals surface area contributed by atoms with Crippen LogP contribution in [0, 0.1) is 76.4 Å². The Morgan fingerprint density at radius 2 is 1.73 bits per heavy atom. The highest BCUT2D eigenvalue weighted by atomic mass is 16.1. The number of aldehydes is 1. The van der Waals surface area contributed by atoms with Crippen LogP contribution < -0.4 is 11.1 Å². The van der Waals surface area contributed by atoms with Gasteiger partial charge in [-0.25, -0.2) is 0 Å². The molecule has 0 saturated heterocycles. The van der Waals surface area contributed by atoms with Crippen molar-refractivity contribution in [1.82, 2.24) is 0 Å². The summed E-state index contributed by atoms with van der Waals surface area (Å²) in [6, 6.07) is 8.78. The van der Waals surface area contributed by atoms with E-state index >= 15 is 0 Å². The number of nitrogens with two attached hydrogens (primary N) is 1. The van der Waals surface area contributed by atoms with Gasteiger partial charge in [-0.3, -0.25) is 0 Å². The van der Waals surface area contributed by atoms with Crippen LogP contribution in [0.3, 0.4) is 0 Å². The van der Waals surface area contributed by atoms with Crippen molar-refractivity contribution < 1.29 is 4.79 Å². The first-order valence-corrected chi connectivity index (χ1v) is 19.2. The van der Waals surface area contributed by atoms with Crippen molar-refractivity contribution >= 4 is 12.0 Å². The van der Waals surface area contributed by atoms with E-state index in [1.54, 1.807) is 0 Å². The van der Waals surface area contributed by atoms with E-state index in [2.05, 4.69) is 53.9 Å². The van der Waals surface area contributed by atoms with Crippen molar-refractivity contribution in [2.45, 2.75) is 101 Å². The Bertz CT molecular complexity index is 1450. The fourth-order valence-corrected chi connectivity index (χ4v) is 14.9. The molecular formula is C42H54N2O. The molecule has 1 aromatic rings. The molecular weight excluding hydrogens is 548 g/mol. The smallest absolute Gasteiger partial charge is 0.137 e. The average molecular weight is 603 g/mol.